The maximum atomic E-state index is 9.33. The Morgan fingerprint density at radius 1 is 1.47 bits per heavy atom. The predicted molar refractivity (Wildman–Crippen MR) is 64.1 cm³/mol. The number of aliphatic hydroxyl groups is 1. The number of hydrogen-bond donors (Lipinski definition) is 1. The molecule has 0 aromatic rings. The van der Waals surface area contributed by atoms with E-state index >= 15 is 0 Å². The lowest BCUT2D eigenvalue weighted by Gasteiger charge is -2.27. The molecule has 0 spiro atoms. The Morgan fingerprint density at radius 2 is 2.13 bits per heavy atom. The first-order valence-corrected chi connectivity index (χ1v) is 5.01. The van der Waals surface area contributed by atoms with Crippen LogP contribution in [-0.4, -0.2) is 22.8 Å². The first kappa shape index (κ1) is 11.5. The normalized spacial score (nSPS) is 16.5. The molecule has 15 heavy (non-hydrogen) atoms. The van der Waals surface area contributed by atoms with Crippen LogP contribution in [0.3, 0.4) is 0 Å². The highest BCUT2D eigenvalue weighted by Crippen LogP contribution is 2.15. The molecule has 0 fully saturated rings. The molecule has 0 bridgehead atoms. The van der Waals surface area contributed by atoms with E-state index in [1.54, 1.807) is 6.08 Å². The maximum absolute atomic E-state index is 9.33. The molecule has 0 aromatic carbocycles. The van der Waals surface area contributed by atoms with Crippen molar-refractivity contribution in [2.45, 2.75) is 13.0 Å². The van der Waals surface area contributed by atoms with Crippen LogP contribution in [0.2, 0.25) is 0 Å². The van der Waals surface area contributed by atoms with Crippen LogP contribution in [0.1, 0.15) is 6.92 Å². The third-order valence-corrected chi connectivity index (χ3v) is 2.24. The number of nitrogens with zero attached hydrogens (tertiary/aromatic N) is 1. The van der Waals surface area contributed by atoms with E-state index in [9.17, 15) is 5.11 Å². The van der Waals surface area contributed by atoms with Crippen molar-refractivity contribution in [1.29, 1.82) is 0 Å². The van der Waals surface area contributed by atoms with E-state index in [-0.39, 0.29) is 12.8 Å². The third-order valence-electron chi connectivity index (χ3n) is 2.24. The lowest BCUT2D eigenvalue weighted by atomic mass is 10.2. The van der Waals surface area contributed by atoms with Gasteiger partial charge in [0.25, 0.3) is 0 Å². The molecule has 0 aromatic heterocycles. The molecular weight excluding hydrogens is 186 g/mol. The van der Waals surface area contributed by atoms with E-state index in [4.69, 9.17) is 0 Å². The van der Waals surface area contributed by atoms with Crippen LogP contribution >= 0.6 is 0 Å². The molecule has 1 N–H and O–H groups in total. The van der Waals surface area contributed by atoms with Crippen LogP contribution < -0.4 is 0 Å². The molecule has 0 aliphatic heterocycles. The highest BCUT2D eigenvalue weighted by atomic mass is 16.3. The Hall–Kier alpha value is -1.54. The van der Waals surface area contributed by atoms with Crippen molar-refractivity contribution in [3.8, 4) is 0 Å². The molecule has 80 valence electrons. The van der Waals surface area contributed by atoms with Gasteiger partial charge in [0.2, 0.25) is 0 Å². The molecule has 1 aliphatic rings. The van der Waals surface area contributed by atoms with Gasteiger partial charge in [0.05, 0.1) is 6.04 Å². The van der Waals surface area contributed by atoms with Crippen molar-refractivity contribution in [3.05, 3.63) is 60.9 Å². The van der Waals surface area contributed by atoms with Gasteiger partial charge in [-0.15, -0.1) is 0 Å². The predicted octanol–water partition coefficient (Wildman–Crippen LogP) is 2.38. The van der Waals surface area contributed by atoms with Crippen molar-refractivity contribution >= 4 is 0 Å². The molecule has 0 unspecified atom stereocenters. The smallest absolute Gasteiger partial charge is 0.116 e. The second-order valence-electron chi connectivity index (χ2n) is 3.19. The standard InChI is InChI=1S/C13H17NO/c1-3-5-8-12(4-2)14(11-15)13-9-6-7-10-13/h3-10,13,15H,2,11H2,1H3/b5-3-,12-8+. The summed E-state index contributed by atoms with van der Waals surface area (Å²) in [4.78, 5) is 1.87. The molecule has 0 amide bonds. The molecule has 0 heterocycles. The summed E-state index contributed by atoms with van der Waals surface area (Å²) in [5, 5.41) is 9.33. The van der Waals surface area contributed by atoms with E-state index in [0.717, 1.165) is 5.70 Å². The Balaban J connectivity index is 2.83. The van der Waals surface area contributed by atoms with Crippen molar-refractivity contribution < 1.29 is 5.11 Å². The second kappa shape index (κ2) is 6.04. The highest BCUT2D eigenvalue weighted by molar-refractivity contribution is 5.28. The quantitative estimate of drug-likeness (QED) is 0.548. The van der Waals surface area contributed by atoms with Gasteiger partial charge in [0, 0.05) is 5.70 Å². The Labute approximate surface area is 91.2 Å². The molecule has 0 radical (unpaired) electrons. The Kier molecular flexibility index (Phi) is 4.64. The fraction of sp³-hybridized carbons (Fsp3) is 0.231. The minimum absolute atomic E-state index is 0.0191. The molecular formula is C13H17NO. The van der Waals surface area contributed by atoms with Crippen molar-refractivity contribution in [1.82, 2.24) is 4.90 Å². The van der Waals surface area contributed by atoms with E-state index in [1.165, 1.54) is 0 Å². The molecule has 1 aliphatic carbocycles. The Bertz CT molecular complexity index is 311. The average Bonchev–Trinajstić information content (AvgIpc) is 2.77. The van der Waals surface area contributed by atoms with Gasteiger partial charge in [0.1, 0.15) is 6.73 Å². The van der Waals surface area contributed by atoms with Crippen LogP contribution in [-0.2, 0) is 0 Å². The molecule has 0 saturated carbocycles. The Morgan fingerprint density at radius 3 is 2.60 bits per heavy atom. The molecule has 2 heteroatoms. The first-order chi connectivity index (χ1) is 7.33. The van der Waals surface area contributed by atoms with E-state index in [2.05, 4.69) is 6.58 Å². The fourth-order valence-corrected chi connectivity index (χ4v) is 1.45. The van der Waals surface area contributed by atoms with Gasteiger partial charge in [-0.25, -0.2) is 0 Å². The first-order valence-electron chi connectivity index (χ1n) is 5.01. The summed E-state index contributed by atoms with van der Waals surface area (Å²) in [5.41, 5.74) is 0.914. The summed E-state index contributed by atoms with van der Waals surface area (Å²) in [6, 6.07) is 0.129. The third kappa shape index (κ3) is 2.96. The summed E-state index contributed by atoms with van der Waals surface area (Å²) >= 11 is 0. The molecule has 0 atom stereocenters. The van der Waals surface area contributed by atoms with Gasteiger partial charge < -0.3 is 10.0 Å². The van der Waals surface area contributed by atoms with Gasteiger partial charge in [0.15, 0.2) is 0 Å². The lowest BCUT2D eigenvalue weighted by Crippen LogP contribution is -2.31. The molecule has 2 nitrogen and oxygen atoms in total. The van der Waals surface area contributed by atoms with E-state index < -0.39 is 0 Å². The number of aliphatic hydroxyl groups excluding tert-OH is 1. The van der Waals surface area contributed by atoms with Gasteiger partial charge >= 0.3 is 0 Å². The zero-order chi connectivity index (χ0) is 11.1. The average molecular weight is 203 g/mol. The van der Waals surface area contributed by atoms with E-state index in [1.807, 2.05) is 54.4 Å². The van der Waals surface area contributed by atoms with Gasteiger partial charge in [-0.05, 0) is 19.1 Å². The largest absolute Gasteiger partial charge is 0.376 e. The van der Waals surface area contributed by atoms with Gasteiger partial charge in [-0.1, -0.05) is 43.0 Å². The summed E-state index contributed by atoms with van der Waals surface area (Å²) < 4.78 is 0. The zero-order valence-electron chi connectivity index (χ0n) is 9.00. The SMILES string of the molecule is C=C/C(=C\C=C/C)N(CO)C1C=CC=C1. The maximum Gasteiger partial charge on any atom is 0.116 e. The minimum Gasteiger partial charge on any atom is -0.376 e. The van der Waals surface area contributed by atoms with Crippen LogP contribution in [0, 0.1) is 0 Å². The summed E-state index contributed by atoms with van der Waals surface area (Å²) in [5.74, 6) is 0. The monoisotopic (exact) mass is 203 g/mol. The van der Waals surface area contributed by atoms with Crippen molar-refractivity contribution in [3.63, 3.8) is 0 Å². The summed E-state index contributed by atoms with van der Waals surface area (Å²) in [6.45, 7) is 5.69. The highest BCUT2D eigenvalue weighted by Gasteiger charge is 2.14. The van der Waals surface area contributed by atoms with Crippen LogP contribution in [0.15, 0.2) is 60.9 Å². The lowest BCUT2D eigenvalue weighted by molar-refractivity contribution is 0.135. The fourth-order valence-electron chi connectivity index (χ4n) is 1.45. The van der Waals surface area contributed by atoms with Crippen molar-refractivity contribution in [2.75, 3.05) is 6.73 Å². The summed E-state index contributed by atoms with van der Waals surface area (Å²) in [7, 11) is 0. The molecule has 1 rings (SSSR count). The van der Waals surface area contributed by atoms with Crippen LogP contribution in [0.5, 0.6) is 0 Å². The van der Waals surface area contributed by atoms with Gasteiger partial charge in [-0.3, -0.25) is 0 Å². The van der Waals surface area contributed by atoms with Crippen LogP contribution in [0.4, 0.5) is 0 Å². The zero-order valence-corrected chi connectivity index (χ0v) is 9.00. The second-order valence-corrected chi connectivity index (χ2v) is 3.19. The topological polar surface area (TPSA) is 23.5 Å². The van der Waals surface area contributed by atoms with Crippen molar-refractivity contribution in [2.24, 2.45) is 0 Å². The van der Waals surface area contributed by atoms with Crippen LogP contribution in [0.25, 0.3) is 0 Å². The van der Waals surface area contributed by atoms with E-state index in [0.29, 0.717) is 0 Å². The molecule has 0 saturated heterocycles. The van der Waals surface area contributed by atoms with Gasteiger partial charge in [-0.2, -0.15) is 0 Å². The number of hydrogen-bond acceptors (Lipinski definition) is 2. The number of allylic oxidation sites excluding steroid dienone is 6. The summed E-state index contributed by atoms with van der Waals surface area (Å²) in [6.07, 6.45) is 15.6. The number of rotatable bonds is 5. The minimum atomic E-state index is -0.0191.